The number of rotatable bonds is 1. The van der Waals surface area contributed by atoms with E-state index < -0.39 is 0 Å². The molecule has 3 aliphatic heterocycles. The van der Waals surface area contributed by atoms with Crippen molar-refractivity contribution < 1.29 is 4.79 Å². The number of fused-ring (bicyclic) bond motifs is 2. The number of carbonyl (C=O) groups is 1. The van der Waals surface area contributed by atoms with Gasteiger partial charge in [0.05, 0.1) is 16.9 Å². The van der Waals surface area contributed by atoms with E-state index in [2.05, 4.69) is 33.1 Å². The first-order chi connectivity index (χ1) is 11.8. The molecule has 0 aliphatic carbocycles. The zero-order chi connectivity index (χ0) is 16.1. The summed E-state index contributed by atoms with van der Waals surface area (Å²) in [6.45, 7) is 1.93. The predicted octanol–water partition coefficient (Wildman–Crippen LogP) is 3.65. The second kappa shape index (κ2) is 5.00. The van der Waals surface area contributed by atoms with Crippen molar-refractivity contribution in [3.63, 3.8) is 0 Å². The molecular weight excluding hydrogens is 298 g/mol. The third-order valence-electron chi connectivity index (χ3n) is 5.72. The number of amides is 1. The van der Waals surface area contributed by atoms with Crippen LogP contribution in [0.3, 0.4) is 0 Å². The van der Waals surface area contributed by atoms with Crippen LogP contribution in [-0.4, -0.2) is 29.7 Å². The molecule has 2 fully saturated rings. The highest BCUT2D eigenvalue weighted by Gasteiger charge is 2.56. The van der Waals surface area contributed by atoms with Crippen LogP contribution in [0.15, 0.2) is 54.6 Å². The molecule has 1 atom stereocenters. The van der Waals surface area contributed by atoms with Gasteiger partial charge in [-0.15, -0.1) is 0 Å². The van der Waals surface area contributed by atoms with Gasteiger partial charge in [-0.25, -0.2) is 5.01 Å². The van der Waals surface area contributed by atoms with Crippen molar-refractivity contribution in [1.82, 2.24) is 5.01 Å². The van der Waals surface area contributed by atoms with E-state index in [1.807, 2.05) is 36.4 Å². The number of benzene rings is 2. The number of carbonyl (C=O) groups excluding carboxylic acids is 1. The molecule has 122 valence electrons. The Morgan fingerprint density at radius 3 is 2.38 bits per heavy atom. The maximum atomic E-state index is 13.4. The van der Waals surface area contributed by atoms with E-state index >= 15 is 0 Å². The van der Waals surface area contributed by atoms with Crippen LogP contribution in [0, 0.1) is 0 Å². The summed E-state index contributed by atoms with van der Waals surface area (Å²) in [6, 6.07) is 18.4. The van der Waals surface area contributed by atoms with Gasteiger partial charge < -0.3 is 4.90 Å². The molecule has 0 radical (unpaired) electrons. The molecule has 3 heterocycles. The molecule has 4 nitrogen and oxygen atoms in total. The van der Waals surface area contributed by atoms with Crippen molar-refractivity contribution in [3.05, 3.63) is 60.2 Å². The Balaban J connectivity index is 1.69. The van der Waals surface area contributed by atoms with Crippen molar-refractivity contribution in [2.45, 2.75) is 31.3 Å². The second-order valence-corrected chi connectivity index (χ2v) is 6.93. The van der Waals surface area contributed by atoms with Crippen LogP contribution in [0.1, 0.15) is 36.0 Å². The zero-order valence-corrected chi connectivity index (χ0v) is 13.7. The van der Waals surface area contributed by atoms with E-state index in [9.17, 15) is 4.79 Å². The molecule has 0 aromatic heterocycles. The smallest absolute Gasteiger partial charge is 0.276 e. The molecule has 1 amide bonds. The largest absolute Gasteiger partial charge is 0.346 e. The quantitative estimate of drug-likeness (QED) is 0.803. The van der Waals surface area contributed by atoms with Gasteiger partial charge in [0, 0.05) is 13.1 Å². The standard InChI is InChI=1S/C20H21N3O/c24-19-17-10-4-5-11-18(17)21-14-6-12-20(21)13-7-15-22(23(19)20)16-8-2-1-3-9-16/h1-5,8-11H,6-7,12-15H2. The van der Waals surface area contributed by atoms with Crippen LogP contribution in [-0.2, 0) is 0 Å². The minimum atomic E-state index is -0.181. The maximum absolute atomic E-state index is 13.4. The summed E-state index contributed by atoms with van der Waals surface area (Å²) in [6.07, 6.45) is 4.35. The van der Waals surface area contributed by atoms with Gasteiger partial charge in [-0.1, -0.05) is 30.3 Å². The first-order valence-electron chi connectivity index (χ1n) is 8.85. The van der Waals surface area contributed by atoms with Crippen LogP contribution in [0.4, 0.5) is 11.4 Å². The lowest BCUT2D eigenvalue weighted by molar-refractivity contribution is 0.0263. The molecule has 2 aromatic rings. The fourth-order valence-corrected chi connectivity index (χ4v) is 4.78. The van der Waals surface area contributed by atoms with E-state index in [0.717, 1.165) is 55.7 Å². The first kappa shape index (κ1) is 13.9. The van der Waals surface area contributed by atoms with Gasteiger partial charge in [0.2, 0.25) is 0 Å². The minimum absolute atomic E-state index is 0.146. The number of para-hydroxylation sites is 2. The topological polar surface area (TPSA) is 26.8 Å². The third kappa shape index (κ3) is 1.71. The van der Waals surface area contributed by atoms with Gasteiger partial charge in [-0.05, 0) is 49.9 Å². The van der Waals surface area contributed by atoms with Gasteiger partial charge in [0.25, 0.3) is 5.91 Å². The van der Waals surface area contributed by atoms with E-state index in [4.69, 9.17) is 0 Å². The molecule has 24 heavy (non-hydrogen) atoms. The number of hydrogen-bond acceptors (Lipinski definition) is 3. The zero-order valence-electron chi connectivity index (χ0n) is 13.7. The molecule has 5 rings (SSSR count). The second-order valence-electron chi connectivity index (χ2n) is 6.93. The highest BCUT2D eigenvalue weighted by Crippen LogP contribution is 2.49. The van der Waals surface area contributed by atoms with E-state index in [1.54, 1.807) is 0 Å². The number of hydrogen-bond donors (Lipinski definition) is 0. The summed E-state index contributed by atoms with van der Waals surface area (Å²) in [4.78, 5) is 15.9. The van der Waals surface area contributed by atoms with Crippen LogP contribution in [0.5, 0.6) is 0 Å². The molecule has 0 bridgehead atoms. The van der Waals surface area contributed by atoms with Crippen molar-refractivity contribution in [2.24, 2.45) is 0 Å². The Morgan fingerprint density at radius 2 is 1.54 bits per heavy atom. The molecule has 0 N–H and O–H groups in total. The molecule has 2 aromatic carbocycles. The van der Waals surface area contributed by atoms with E-state index in [-0.39, 0.29) is 11.6 Å². The van der Waals surface area contributed by atoms with Crippen molar-refractivity contribution in [2.75, 3.05) is 23.0 Å². The van der Waals surface area contributed by atoms with Gasteiger partial charge >= 0.3 is 0 Å². The third-order valence-corrected chi connectivity index (χ3v) is 5.72. The Kier molecular flexibility index (Phi) is 2.90. The maximum Gasteiger partial charge on any atom is 0.276 e. The van der Waals surface area contributed by atoms with Gasteiger partial charge in [-0.3, -0.25) is 9.80 Å². The van der Waals surface area contributed by atoms with Gasteiger partial charge in [0.1, 0.15) is 5.66 Å². The molecule has 2 saturated heterocycles. The number of nitrogens with zero attached hydrogens (tertiary/aromatic N) is 3. The van der Waals surface area contributed by atoms with Crippen molar-refractivity contribution >= 4 is 17.3 Å². The van der Waals surface area contributed by atoms with Crippen LogP contribution >= 0.6 is 0 Å². The fourth-order valence-electron chi connectivity index (χ4n) is 4.78. The minimum Gasteiger partial charge on any atom is -0.346 e. The average molecular weight is 319 g/mol. The Morgan fingerprint density at radius 1 is 0.833 bits per heavy atom. The number of hydrazine groups is 1. The van der Waals surface area contributed by atoms with Crippen molar-refractivity contribution in [1.29, 1.82) is 0 Å². The highest BCUT2D eigenvalue weighted by atomic mass is 16.2. The summed E-state index contributed by atoms with van der Waals surface area (Å²) in [5, 5.41) is 4.28. The lowest BCUT2D eigenvalue weighted by Crippen LogP contribution is -2.70. The Bertz CT molecular complexity index is 790. The van der Waals surface area contributed by atoms with Gasteiger partial charge in [-0.2, -0.15) is 0 Å². The predicted molar refractivity (Wildman–Crippen MR) is 94.9 cm³/mol. The summed E-state index contributed by atoms with van der Waals surface area (Å²) in [5.41, 5.74) is 2.87. The lowest BCUT2D eigenvalue weighted by atomic mass is 9.91. The van der Waals surface area contributed by atoms with Gasteiger partial charge in [0.15, 0.2) is 0 Å². The number of anilines is 2. The van der Waals surface area contributed by atoms with Crippen LogP contribution in [0.2, 0.25) is 0 Å². The molecule has 0 saturated carbocycles. The summed E-state index contributed by atoms with van der Waals surface area (Å²) < 4.78 is 0. The van der Waals surface area contributed by atoms with E-state index in [1.165, 1.54) is 0 Å². The molecule has 1 spiro atoms. The molecule has 1 unspecified atom stereocenters. The van der Waals surface area contributed by atoms with Crippen molar-refractivity contribution in [3.8, 4) is 0 Å². The summed E-state index contributed by atoms with van der Waals surface area (Å²) >= 11 is 0. The molecule has 4 heteroatoms. The monoisotopic (exact) mass is 319 g/mol. The highest BCUT2D eigenvalue weighted by molar-refractivity contribution is 6.03. The molecule has 3 aliphatic rings. The normalized spacial score (nSPS) is 25.3. The first-order valence-corrected chi connectivity index (χ1v) is 8.85. The van der Waals surface area contributed by atoms with Crippen LogP contribution in [0.25, 0.3) is 0 Å². The molecular formula is C20H21N3O. The van der Waals surface area contributed by atoms with E-state index in [0.29, 0.717) is 0 Å². The Labute approximate surface area is 142 Å². The summed E-state index contributed by atoms with van der Waals surface area (Å²) in [7, 11) is 0. The average Bonchev–Trinajstić information content (AvgIpc) is 3.06. The lowest BCUT2D eigenvalue weighted by Gasteiger charge is -2.58. The summed E-state index contributed by atoms with van der Waals surface area (Å²) in [5.74, 6) is 0.146. The SMILES string of the molecule is O=C1c2ccccc2N2CCCC23CCCN(c2ccccc2)N13. The van der Waals surface area contributed by atoms with Crippen LogP contribution < -0.4 is 9.91 Å². The fraction of sp³-hybridized carbons (Fsp3) is 0.350. The Hall–Kier alpha value is -2.49.